The standard InChI is InChI=1S/C14H20N4/c1-10-4-6-12(7-5-10)16-14(8-15)13-9-18(3)17-11(13)2/h4-7,9,14,16H,8,15H2,1-3H3. The molecule has 0 amide bonds. The van der Waals surface area contributed by atoms with Crippen LogP contribution < -0.4 is 11.1 Å². The van der Waals surface area contributed by atoms with Crippen LogP contribution in [-0.4, -0.2) is 16.3 Å². The minimum atomic E-state index is 0.0985. The van der Waals surface area contributed by atoms with Crippen molar-refractivity contribution in [1.29, 1.82) is 0 Å². The SMILES string of the molecule is Cc1ccc(NC(CN)c2cn(C)nc2C)cc1. The zero-order chi connectivity index (χ0) is 13.1. The van der Waals surface area contributed by atoms with Gasteiger partial charge in [0.15, 0.2) is 0 Å². The molecule has 1 heterocycles. The molecule has 0 saturated heterocycles. The minimum absolute atomic E-state index is 0.0985. The second-order valence-electron chi connectivity index (χ2n) is 4.64. The number of anilines is 1. The first-order valence-corrected chi connectivity index (χ1v) is 6.13. The third-order valence-electron chi connectivity index (χ3n) is 3.06. The fraction of sp³-hybridized carbons (Fsp3) is 0.357. The van der Waals surface area contributed by atoms with E-state index < -0.39 is 0 Å². The molecule has 4 heteroatoms. The predicted octanol–water partition coefficient (Wildman–Crippen LogP) is 2.15. The van der Waals surface area contributed by atoms with Crippen molar-refractivity contribution in [3.8, 4) is 0 Å². The summed E-state index contributed by atoms with van der Waals surface area (Å²) in [7, 11) is 1.93. The Morgan fingerprint density at radius 2 is 1.94 bits per heavy atom. The highest BCUT2D eigenvalue weighted by Crippen LogP contribution is 2.21. The van der Waals surface area contributed by atoms with E-state index in [0.29, 0.717) is 6.54 Å². The quantitative estimate of drug-likeness (QED) is 0.866. The summed E-state index contributed by atoms with van der Waals surface area (Å²) in [5, 5.41) is 7.80. The normalized spacial score (nSPS) is 12.4. The molecule has 0 spiro atoms. The van der Waals surface area contributed by atoms with E-state index in [1.807, 2.05) is 24.9 Å². The summed E-state index contributed by atoms with van der Waals surface area (Å²) in [5.74, 6) is 0. The number of hydrogen-bond donors (Lipinski definition) is 2. The summed E-state index contributed by atoms with van der Waals surface area (Å²) >= 11 is 0. The van der Waals surface area contributed by atoms with E-state index in [4.69, 9.17) is 5.73 Å². The van der Waals surface area contributed by atoms with Gasteiger partial charge in [0, 0.05) is 31.0 Å². The Morgan fingerprint density at radius 3 is 2.44 bits per heavy atom. The molecule has 2 aromatic rings. The van der Waals surface area contributed by atoms with Crippen LogP contribution in [0.2, 0.25) is 0 Å². The molecular weight excluding hydrogens is 224 g/mol. The van der Waals surface area contributed by atoms with Gasteiger partial charge in [0.1, 0.15) is 0 Å². The molecule has 0 radical (unpaired) electrons. The van der Waals surface area contributed by atoms with Gasteiger partial charge in [-0.1, -0.05) is 17.7 Å². The fourth-order valence-corrected chi connectivity index (χ4v) is 2.07. The second kappa shape index (κ2) is 5.23. The molecule has 0 aliphatic rings. The number of nitrogens with two attached hydrogens (primary N) is 1. The first kappa shape index (κ1) is 12.6. The molecular formula is C14H20N4. The van der Waals surface area contributed by atoms with Gasteiger partial charge in [-0.15, -0.1) is 0 Å². The number of nitrogens with zero attached hydrogens (tertiary/aromatic N) is 2. The largest absolute Gasteiger partial charge is 0.377 e. The molecule has 4 nitrogen and oxygen atoms in total. The van der Waals surface area contributed by atoms with E-state index in [0.717, 1.165) is 16.9 Å². The first-order valence-electron chi connectivity index (χ1n) is 6.13. The van der Waals surface area contributed by atoms with E-state index >= 15 is 0 Å². The molecule has 1 atom stereocenters. The van der Waals surface area contributed by atoms with Gasteiger partial charge in [-0.05, 0) is 26.0 Å². The maximum atomic E-state index is 5.86. The number of aryl methyl sites for hydroxylation is 3. The van der Waals surface area contributed by atoms with E-state index in [1.54, 1.807) is 0 Å². The Kier molecular flexibility index (Phi) is 3.67. The molecule has 96 valence electrons. The van der Waals surface area contributed by atoms with Crippen molar-refractivity contribution in [3.63, 3.8) is 0 Å². The topological polar surface area (TPSA) is 55.9 Å². The van der Waals surface area contributed by atoms with Crippen molar-refractivity contribution < 1.29 is 0 Å². The third kappa shape index (κ3) is 2.71. The van der Waals surface area contributed by atoms with Gasteiger partial charge in [-0.25, -0.2) is 0 Å². The van der Waals surface area contributed by atoms with Gasteiger partial charge >= 0.3 is 0 Å². The number of hydrogen-bond acceptors (Lipinski definition) is 3. The van der Waals surface area contributed by atoms with Crippen molar-refractivity contribution in [2.24, 2.45) is 12.8 Å². The highest BCUT2D eigenvalue weighted by Gasteiger charge is 2.14. The van der Waals surface area contributed by atoms with Gasteiger partial charge in [0.05, 0.1) is 11.7 Å². The Balaban J connectivity index is 2.19. The van der Waals surface area contributed by atoms with Crippen LogP contribution >= 0.6 is 0 Å². The molecule has 0 saturated carbocycles. The molecule has 2 rings (SSSR count). The maximum Gasteiger partial charge on any atom is 0.0669 e. The average molecular weight is 244 g/mol. The number of rotatable bonds is 4. The zero-order valence-electron chi connectivity index (χ0n) is 11.1. The van der Waals surface area contributed by atoms with E-state index in [2.05, 4.69) is 41.6 Å². The molecule has 0 aliphatic heterocycles. The van der Waals surface area contributed by atoms with Crippen LogP contribution in [-0.2, 0) is 7.05 Å². The van der Waals surface area contributed by atoms with Crippen molar-refractivity contribution >= 4 is 5.69 Å². The van der Waals surface area contributed by atoms with Gasteiger partial charge in [0.2, 0.25) is 0 Å². The Labute approximate surface area is 108 Å². The van der Waals surface area contributed by atoms with Gasteiger partial charge in [-0.3, -0.25) is 4.68 Å². The lowest BCUT2D eigenvalue weighted by Gasteiger charge is -2.17. The van der Waals surface area contributed by atoms with Crippen LogP contribution in [0.3, 0.4) is 0 Å². The van der Waals surface area contributed by atoms with Crippen molar-refractivity contribution in [1.82, 2.24) is 9.78 Å². The van der Waals surface area contributed by atoms with Crippen LogP contribution in [0.4, 0.5) is 5.69 Å². The molecule has 3 N–H and O–H groups in total. The Bertz CT molecular complexity index is 513. The van der Waals surface area contributed by atoms with Crippen molar-refractivity contribution in [2.45, 2.75) is 19.9 Å². The van der Waals surface area contributed by atoms with Gasteiger partial charge in [-0.2, -0.15) is 5.10 Å². The van der Waals surface area contributed by atoms with Crippen molar-refractivity contribution in [2.75, 3.05) is 11.9 Å². The smallest absolute Gasteiger partial charge is 0.0669 e. The van der Waals surface area contributed by atoms with Crippen LogP contribution in [0.15, 0.2) is 30.5 Å². The zero-order valence-corrected chi connectivity index (χ0v) is 11.1. The Morgan fingerprint density at radius 1 is 1.28 bits per heavy atom. The molecule has 0 fully saturated rings. The summed E-state index contributed by atoms with van der Waals surface area (Å²) < 4.78 is 1.82. The summed E-state index contributed by atoms with van der Waals surface area (Å²) in [5.41, 5.74) is 10.4. The number of aromatic nitrogens is 2. The molecule has 0 bridgehead atoms. The highest BCUT2D eigenvalue weighted by molar-refractivity contribution is 5.47. The van der Waals surface area contributed by atoms with E-state index in [1.165, 1.54) is 5.56 Å². The van der Waals surface area contributed by atoms with Crippen LogP contribution in [0.5, 0.6) is 0 Å². The number of benzene rings is 1. The Hall–Kier alpha value is -1.81. The number of nitrogens with one attached hydrogen (secondary N) is 1. The van der Waals surface area contributed by atoms with Gasteiger partial charge in [0.25, 0.3) is 0 Å². The fourth-order valence-electron chi connectivity index (χ4n) is 2.07. The van der Waals surface area contributed by atoms with E-state index in [-0.39, 0.29) is 6.04 Å². The van der Waals surface area contributed by atoms with Crippen LogP contribution in [0, 0.1) is 13.8 Å². The average Bonchev–Trinajstić information content (AvgIpc) is 2.68. The monoisotopic (exact) mass is 244 g/mol. The highest BCUT2D eigenvalue weighted by atomic mass is 15.3. The lowest BCUT2D eigenvalue weighted by molar-refractivity contribution is 0.754. The first-order chi connectivity index (χ1) is 8.60. The van der Waals surface area contributed by atoms with Crippen LogP contribution in [0.1, 0.15) is 22.9 Å². The molecule has 1 unspecified atom stereocenters. The molecule has 18 heavy (non-hydrogen) atoms. The lowest BCUT2D eigenvalue weighted by atomic mass is 10.1. The minimum Gasteiger partial charge on any atom is -0.377 e. The van der Waals surface area contributed by atoms with Crippen LogP contribution in [0.25, 0.3) is 0 Å². The van der Waals surface area contributed by atoms with Crippen molar-refractivity contribution in [3.05, 3.63) is 47.3 Å². The maximum absolute atomic E-state index is 5.86. The summed E-state index contributed by atoms with van der Waals surface area (Å²) in [6.45, 7) is 4.63. The van der Waals surface area contributed by atoms with Gasteiger partial charge < -0.3 is 11.1 Å². The third-order valence-corrected chi connectivity index (χ3v) is 3.06. The predicted molar refractivity (Wildman–Crippen MR) is 74.5 cm³/mol. The summed E-state index contributed by atoms with van der Waals surface area (Å²) in [4.78, 5) is 0. The summed E-state index contributed by atoms with van der Waals surface area (Å²) in [6.07, 6.45) is 2.02. The molecule has 1 aromatic carbocycles. The second-order valence-corrected chi connectivity index (χ2v) is 4.64. The van der Waals surface area contributed by atoms with E-state index in [9.17, 15) is 0 Å². The molecule has 1 aromatic heterocycles. The summed E-state index contributed by atoms with van der Waals surface area (Å²) in [6, 6.07) is 8.42. The molecule has 0 aliphatic carbocycles. The lowest BCUT2D eigenvalue weighted by Crippen LogP contribution is -2.20.